The van der Waals surface area contributed by atoms with Gasteiger partial charge in [-0.25, -0.2) is 4.39 Å². The van der Waals surface area contributed by atoms with Crippen molar-refractivity contribution in [2.45, 2.75) is 25.6 Å². The number of carbonyl (C=O) groups is 1. The summed E-state index contributed by atoms with van der Waals surface area (Å²) >= 11 is 0. The highest BCUT2D eigenvalue weighted by atomic mass is 19.1. The molecule has 94 valence electrons. The minimum atomic E-state index is -1.44. The molecule has 0 bridgehead atoms. The van der Waals surface area contributed by atoms with Crippen LogP contribution in [-0.4, -0.2) is 28.9 Å². The Labute approximate surface area is 98.7 Å². The number of esters is 1. The number of halogens is 1. The largest absolute Gasteiger partial charge is 0.466 e. The van der Waals surface area contributed by atoms with Crippen LogP contribution in [0.1, 0.15) is 25.0 Å². The molecule has 2 atom stereocenters. The van der Waals surface area contributed by atoms with E-state index in [9.17, 15) is 19.4 Å². The summed E-state index contributed by atoms with van der Waals surface area (Å²) in [5.41, 5.74) is -0.0377. The SMILES string of the molecule is CCOC(=O)CC(O)C(O)c1ccccc1F. The number of ether oxygens (including phenoxy) is 1. The first-order valence-electron chi connectivity index (χ1n) is 5.32. The minimum Gasteiger partial charge on any atom is -0.466 e. The van der Waals surface area contributed by atoms with E-state index in [1.165, 1.54) is 18.2 Å². The molecule has 0 fully saturated rings. The van der Waals surface area contributed by atoms with Gasteiger partial charge in [0.05, 0.1) is 19.1 Å². The molecule has 5 heteroatoms. The van der Waals surface area contributed by atoms with Gasteiger partial charge in [-0.3, -0.25) is 4.79 Å². The van der Waals surface area contributed by atoms with Crippen molar-refractivity contribution in [2.24, 2.45) is 0 Å². The molecule has 0 aliphatic carbocycles. The lowest BCUT2D eigenvalue weighted by Gasteiger charge is -2.17. The summed E-state index contributed by atoms with van der Waals surface area (Å²) in [6.07, 6.45) is -3.20. The maximum Gasteiger partial charge on any atom is 0.308 e. The average molecular weight is 242 g/mol. The molecule has 0 aliphatic rings. The van der Waals surface area contributed by atoms with Crippen LogP contribution in [0.25, 0.3) is 0 Å². The molecule has 0 radical (unpaired) electrons. The van der Waals surface area contributed by atoms with Crippen LogP contribution in [0.2, 0.25) is 0 Å². The van der Waals surface area contributed by atoms with Crippen molar-refractivity contribution in [3.63, 3.8) is 0 Å². The van der Waals surface area contributed by atoms with Crippen molar-refractivity contribution >= 4 is 5.97 Å². The maximum absolute atomic E-state index is 13.3. The average Bonchev–Trinajstić information content (AvgIpc) is 2.29. The van der Waals surface area contributed by atoms with Gasteiger partial charge in [0.2, 0.25) is 0 Å². The van der Waals surface area contributed by atoms with Gasteiger partial charge in [0, 0.05) is 5.56 Å². The van der Waals surface area contributed by atoms with E-state index in [0.29, 0.717) is 0 Å². The zero-order valence-electron chi connectivity index (χ0n) is 9.47. The van der Waals surface area contributed by atoms with Crippen molar-refractivity contribution in [3.05, 3.63) is 35.6 Å². The van der Waals surface area contributed by atoms with Gasteiger partial charge in [0.1, 0.15) is 11.9 Å². The molecule has 1 rings (SSSR count). The van der Waals surface area contributed by atoms with E-state index in [-0.39, 0.29) is 18.6 Å². The van der Waals surface area contributed by atoms with Crippen LogP contribution in [0.3, 0.4) is 0 Å². The summed E-state index contributed by atoms with van der Waals surface area (Å²) in [6, 6.07) is 5.55. The van der Waals surface area contributed by atoms with Crippen LogP contribution >= 0.6 is 0 Å². The lowest BCUT2D eigenvalue weighted by molar-refractivity contribution is -0.147. The van der Waals surface area contributed by atoms with Crippen molar-refractivity contribution in [2.75, 3.05) is 6.61 Å². The van der Waals surface area contributed by atoms with Crippen LogP contribution in [0.5, 0.6) is 0 Å². The molecule has 17 heavy (non-hydrogen) atoms. The van der Waals surface area contributed by atoms with E-state index in [1.54, 1.807) is 13.0 Å². The van der Waals surface area contributed by atoms with Gasteiger partial charge in [0.15, 0.2) is 0 Å². The molecule has 2 unspecified atom stereocenters. The molecule has 0 saturated heterocycles. The predicted molar refractivity (Wildman–Crippen MR) is 58.6 cm³/mol. The van der Waals surface area contributed by atoms with E-state index in [4.69, 9.17) is 0 Å². The lowest BCUT2D eigenvalue weighted by Crippen LogP contribution is -2.23. The van der Waals surface area contributed by atoms with Crippen LogP contribution in [0.4, 0.5) is 4.39 Å². The van der Waals surface area contributed by atoms with E-state index in [2.05, 4.69) is 4.74 Å². The third kappa shape index (κ3) is 3.80. The molecule has 2 N–H and O–H groups in total. The van der Waals surface area contributed by atoms with Gasteiger partial charge in [-0.15, -0.1) is 0 Å². The van der Waals surface area contributed by atoms with Crippen molar-refractivity contribution in [1.82, 2.24) is 0 Å². The number of hydrogen-bond acceptors (Lipinski definition) is 4. The van der Waals surface area contributed by atoms with Crippen molar-refractivity contribution < 1.29 is 24.1 Å². The number of rotatable bonds is 5. The Kier molecular flexibility index (Phi) is 5.06. The van der Waals surface area contributed by atoms with Crippen LogP contribution in [0, 0.1) is 5.82 Å². The third-order valence-electron chi connectivity index (χ3n) is 2.27. The Morgan fingerprint density at radius 1 is 1.41 bits per heavy atom. The first-order valence-corrected chi connectivity index (χ1v) is 5.32. The molecule has 0 amide bonds. The van der Waals surface area contributed by atoms with Crippen LogP contribution in [-0.2, 0) is 9.53 Å². The summed E-state index contributed by atoms with van der Waals surface area (Å²) in [5, 5.41) is 19.3. The first-order chi connectivity index (χ1) is 8.06. The maximum atomic E-state index is 13.3. The monoisotopic (exact) mass is 242 g/mol. The fraction of sp³-hybridized carbons (Fsp3) is 0.417. The normalized spacial score (nSPS) is 14.1. The molecule has 0 heterocycles. The van der Waals surface area contributed by atoms with Crippen LogP contribution in [0.15, 0.2) is 24.3 Å². The van der Waals surface area contributed by atoms with E-state index < -0.39 is 24.0 Å². The highest BCUT2D eigenvalue weighted by Gasteiger charge is 2.24. The fourth-order valence-corrected chi connectivity index (χ4v) is 1.42. The molecule has 0 saturated carbocycles. The summed E-state index contributed by atoms with van der Waals surface area (Å²) < 4.78 is 17.9. The molecule has 0 aliphatic heterocycles. The molecule has 0 aromatic heterocycles. The van der Waals surface area contributed by atoms with Gasteiger partial charge in [-0.1, -0.05) is 18.2 Å². The Morgan fingerprint density at radius 3 is 2.65 bits per heavy atom. The highest BCUT2D eigenvalue weighted by molar-refractivity contribution is 5.70. The van der Waals surface area contributed by atoms with E-state index in [1.807, 2.05) is 0 Å². The second-order valence-corrected chi connectivity index (χ2v) is 3.54. The van der Waals surface area contributed by atoms with E-state index >= 15 is 0 Å². The van der Waals surface area contributed by atoms with Crippen molar-refractivity contribution in [3.8, 4) is 0 Å². The molecule has 0 spiro atoms. The van der Waals surface area contributed by atoms with Gasteiger partial charge in [-0.05, 0) is 13.0 Å². The van der Waals surface area contributed by atoms with Gasteiger partial charge in [-0.2, -0.15) is 0 Å². The topological polar surface area (TPSA) is 66.8 Å². The number of benzene rings is 1. The summed E-state index contributed by atoms with van der Waals surface area (Å²) in [7, 11) is 0. The Bertz CT molecular complexity index is 381. The van der Waals surface area contributed by atoms with Crippen LogP contribution < -0.4 is 0 Å². The lowest BCUT2D eigenvalue weighted by atomic mass is 10.0. The number of aliphatic hydroxyl groups excluding tert-OH is 2. The minimum absolute atomic E-state index is 0.0377. The summed E-state index contributed by atoms with van der Waals surface area (Å²) in [6.45, 7) is 1.83. The second kappa shape index (κ2) is 6.32. The molecular formula is C12H15FO4. The Balaban J connectivity index is 2.67. The zero-order chi connectivity index (χ0) is 12.8. The molecular weight excluding hydrogens is 227 g/mol. The first kappa shape index (κ1) is 13.6. The number of carbonyl (C=O) groups excluding carboxylic acids is 1. The Hall–Kier alpha value is -1.46. The van der Waals surface area contributed by atoms with Gasteiger partial charge >= 0.3 is 5.97 Å². The van der Waals surface area contributed by atoms with Crippen molar-refractivity contribution in [1.29, 1.82) is 0 Å². The Morgan fingerprint density at radius 2 is 2.06 bits per heavy atom. The smallest absolute Gasteiger partial charge is 0.308 e. The standard InChI is InChI=1S/C12H15FO4/c1-2-17-11(15)7-10(14)12(16)8-5-3-4-6-9(8)13/h3-6,10,12,14,16H,2,7H2,1H3. The molecule has 4 nitrogen and oxygen atoms in total. The van der Waals surface area contributed by atoms with E-state index in [0.717, 1.165) is 0 Å². The predicted octanol–water partition coefficient (Wildman–Crippen LogP) is 1.17. The fourth-order valence-electron chi connectivity index (χ4n) is 1.42. The number of hydrogen-bond donors (Lipinski definition) is 2. The summed E-state index contributed by atoms with van der Waals surface area (Å²) in [4.78, 5) is 11.1. The third-order valence-corrected chi connectivity index (χ3v) is 2.27. The summed E-state index contributed by atoms with van der Waals surface area (Å²) in [5.74, 6) is -1.25. The highest BCUT2D eigenvalue weighted by Crippen LogP contribution is 2.21. The second-order valence-electron chi connectivity index (χ2n) is 3.54. The van der Waals surface area contributed by atoms with Gasteiger partial charge in [0.25, 0.3) is 0 Å². The molecule has 1 aromatic rings. The quantitative estimate of drug-likeness (QED) is 0.761. The number of aliphatic hydroxyl groups is 2. The molecule has 1 aromatic carbocycles. The zero-order valence-corrected chi connectivity index (χ0v) is 9.47. The van der Waals surface area contributed by atoms with Gasteiger partial charge < -0.3 is 14.9 Å².